The van der Waals surface area contributed by atoms with Gasteiger partial charge in [-0.1, -0.05) is 12.1 Å². The van der Waals surface area contributed by atoms with E-state index in [1.165, 1.54) is 10.6 Å². The van der Waals surface area contributed by atoms with E-state index in [1.807, 2.05) is 48.9 Å². The van der Waals surface area contributed by atoms with Crippen molar-refractivity contribution >= 4 is 15.9 Å². The second kappa shape index (κ2) is 8.45. The van der Waals surface area contributed by atoms with Crippen LogP contribution in [0.3, 0.4) is 0 Å². The van der Waals surface area contributed by atoms with Crippen LogP contribution in [0.4, 0.5) is 0 Å². The summed E-state index contributed by atoms with van der Waals surface area (Å²) in [5.74, 6) is 0.218. The highest BCUT2D eigenvalue weighted by molar-refractivity contribution is 7.88. The molecule has 1 fully saturated rings. The van der Waals surface area contributed by atoms with Gasteiger partial charge >= 0.3 is 0 Å². The monoisotopic (exact) mass is 404 g/mol. The van der Waals surface area contributed by atoms with Crippen molar-refractivity contribution in [3.63, 3.8) is 0 Å². The molecule has 1 amide bonds. The van der Waals surface area contributed by atoms with Gasteiger partial charge in [-0.25, -0.2) is 12.7 Å². The van der Waals surface area contributed by atoms with Gasteiger partial charge in [-0.2, -0.15) is 5.10 Å². The van der Waals surface area contributed by atoms with Crippen LogP contribution in [0.25, 0.3) is 0 Å². The summed E-state index contributed by atoms with van der Waals surface area (Å²) in [5, 5.41) is 7.44. The summed E-state index contributed by atoms with van der Waals surface area (Å²) >= 11 is 0. The molecule has 0 saturated carbocycles. The van der Waals surface area contributed by atoms with E-state index in [1.54, 1.807) is 0 Å². The van der Waals surface area contributed by atoms with Crippen molar-refractivity contribution in [1.29, 1.82) is 0 Å². The summed E-state index contributed by atoms with van der Waals surface area (Å²) < 4.78 is 26.6. The molecule has 1 aliphatic rings. The minimum Gasteiger partial charge on any atom is -0.352 e. The van der Waals surface area contributed by atoms with Crippen LogP contribution in [0.15, 0.2) is 30.3 Å². The smallest absolute Gasteiger partial charge is 0.251 e. The zero-order valence-corrected chi connectivity index (χ0v) is 17.5. The SMILES string of the molecule is Cc1cc(C)n(Cc2ccc(C(=O)NCC3CCN(S(C)(=O)=O)CC3)cc2)n1. The third-order valence-electron chi connectivity index (χ3n) is 5.25. The molecule has 8 heteroatoms. The molecule has 1 aromatic carbocycles. The minimum atomic E-state index is -3.11. The Morgan fingerprint density at radius 2 is 1.82 bits per heavy atom. The molecule has 0 bridgehead atoms. The number of benzene rings is 1. The normalized spacial score (nSPS) is 16.2. The summed E-state index contributed by atoms with van der Waals surface area (Å²) in [5.41, 5.74) is 3.83. The largest absolute Gasteiger partial charge is 0.352 e. The molecule has 1 aliphatic heterocycles. The number of carbonyl (C=O) groups is 1. The first-order valence-corrected chi connectivity index (χ1v) is 11.4. The number of piperidine rings is 1. The molecule has 2 heterocycles. The average molecular weight is 405 g/mol. The standard InChI is InChI=1S/C20H28N4O3S/c1-15-12-16(2)24(22-15)14-18-4-6-19(7-5-18)20(25)21-13-17-8-10-23(11-9-17)28(3,26)27/h4-7,12,17H,8-11,13-14H2,1-3H3,(H,21,25). The predicted octanol–water partition coefficient (Wildman–Crippen LogP) is 1.95. The summed E-state index contributed by atoms with van der Waals surface area (Å²) in [7, 11) is -3.11. The molecule has 3 rings (SSSR count). The lowest BCUT2D eigenvalue weighted by atomic mass is 9.98. The Balaban J connectivity index is 1.49. The maximum absolute atomic E-state index is 12.4. The number of nitrogens with one attached hydrogen (secondary N) is 1. The highest BCUT2D eigenvalue weighted by atomic mass is 32.2. The van der Waals surface area contributed by atoms with Crippen LogP contribution in [0.5, 0.6) is 0 Å². The molecular weight excluding hydrogens is 376 g/mol. The molecule has 1 saturated heterocycles. The van der Waals surface area contributed by atoms with Crippen LogP contribution in [-0.2, 0) is 16.6 Å². The second-order valence-corrected chi connectivity index (χ2v) is 9.58. The first-order valence-electron chi connectivity index (χ1n) is 9.55. The third-order valence-corrected chi connectivity index (χ3v) is 6.55. The predicted molar refractivity (Wildman–Crippen MR) is 109 cm³/mol. The first kappa shape index (κ1) is 20.5. The molecule has 0 atom stereocenters. The van der Waals surface area contributed by atoms with Crippen LogP contribution >= 0.6 is 0 Å². The third kappa shape index (κ3) is 5.20. The van der Waals surface area contributed by atoms with Gasteiger partial charge in [0.05, 0.1) is 18.5 Å². The van der Waals surface area contributed by atoms with Crippen molar-refractivity contribution in [1.82, 2.24) is 19.4 Å². The Bertz CT molecular complexity index is 927. The summed E-state index contributed by atoms with van der Waals surface area (Å²) in [6.07, 6.45) is 2.79. The summed E-state index contributed by atoms with van der Waals surface area (Å²) in [4.78, 5) is 12.4. The fourth-order valence-corrected chi connectivity index (χ4v) is 4.43. The van der Waals surface area contributed by atoms with Gasteiger partial charge in [-0.05, 0) is 56.4 Å². The Kier molecular flexibility index (Phi) is 6.20. The van der Waals surface area contributed by atoms with Crippen molar-refractivity contribution in [2.24, 2.45) is 5.92 Å². The number of amides is 1. The van der Waals surface area contributed by atoms with Crippen molar-refractivity contribution in [2.75, 3.05) is 25.9 Å². The maximum Gasteiger partial charge on any atom is 0.251 e. The number of rotatable bonds is 6. The molecule has 1 N–H and O–H groups in total. The fourth-order valence-electron chi connectivity index (χ4n) is 3.55. The topological polar surface area (TPSA) is 84.3 Å². The molecule has 0 unspecified atom stereocenters. The zero-order valence-electron chi connectivity index (χ0n) is 16.7. The molecule has 0 radical (unpaired) electrons. The van der Waals surface area contributed by atoms with Gasteiger partial charge in [0.1, 0.15) is 0 Å². The van der Waals surface area contributed by atoms with Crippen LogP contribution in [-0.4, -0.2) is 54.3 Å². The fraction of sp³-hybridized carbons (Fsp3) is 0.500. The number of carbonyl (C=O) groups excluding carboxylic acids is 1. The molecule has 152 valence electrons. The lowest BCUT2D eigenvalue weighted by molar-refractivity contribution is 0.0941. The van der Waals surface area contributed by atoms with Crippen LogP contribution < -0.4 is 5.32 Å². The van der Waals surface area contributed by atoms with Gasteiger partial charge in [0.2, 0.25) is 10.0 Å². The van der Waals surface area contributed by atoms with Crippen LogP contribution in [0.2, 0.25) is 0 Å². The van der Waals surface area contributed by atoms with Gasteiger partial charge in [0.15, 0.2) is 0 Å². The first-order chi connectivity index (χ1) is 13.2. The highest BCUT2D eigenvalue weighted by Crippen LogP contribution is 2.18. The number of sulfonamides is 1. The second-order valence-electron chi connectivity index (χ2n) is 7.60. The lowest BCUT2D eigenvalue weighted by Gasteiger charge is -2.30. The van der Waals surface area contributed by atoms with Crippen molar-refractivity contribution in [3.8, 4) is 0 Å². The Hall–Kier alpha value is -2.19. The van der Waals surface area contributed by atoms with Crippen molar-refractivity contribution in [3.05, 3.63) is 52.8 Å². The van der Waals surface area contributed by atoms with Gasteiger partial charge in [0, 0.05) is 30.9 Å². The van der Waals surface area contributed by atoms with Crippen LogP contribution in [0.1, 0.15) is 40.2 Å². The summed E-state index contributed by atoms with van der Waals surface area (Å²) in [6, 6.07) is 9.62. The minimum absolute atomic E-state index is 0.0943. The Morgan fingerprint density at radius 1 is 1.18 bits per heavy atom. The van der Waals surface area contributed by atoms with Crippen molar-refractivity contribution in [2.45, 2.75) is 33.2 Å². The van der Waals surface area contributed by atoms with E-state index in [0.717, 1.165) is 29.8 Å². The molecule has 28 heavy (non-hydrogen) atoms. The van der Waals surface area contributed by atoms with E-state index < -0.39 is 10.0 Å². The van der Waals surface area contributed by atoms with E-state index in [9.17, 15) is 13.2 Å². The number of aryl methyl sites for hydroxylation is 2. The van der Waals surface area contributed by atoms with E-state index in [0.29, 0.717) is 37.7 Å². The number of aromatic nitrogens is 2. The molecule has 1 aromatic heterocycles. The van der Waals surface area contributed by atoms with E-state index in [2.05, 4.69) is 10.4 Å². The average Bonchev–Trinajstić information content (AvgIpc) is 2.97. The molecule has 0 spiro atoms. The molecule has 2 aromatic rings. The van der Waals surface area contributed by atoms with Gasteiger partial charge in [-0.15, -0.1) is 0 Å². The molecular formula is C20H28N4O3S. The van der Waals surface area contributed by atoms with Gasteiger partial charge < -0.3 is 5.32 Å². The van der Waals surface area contributed by atoms with Gasteiger partial charge in [-0.3, -0.25) is 9.48 Å². The number of hydrogen-bond donors (Lipinski definition) is 1. The zero-order chi connectivity index (χ0) is 20.3. The van der Waals surface area contributed by atoms with Crippen LogP contribution in [0, 0.1) is 19.8 Å². The van der Waals surface area contributed by atoms with E-state index in [4.69, 9.17) is 0 Å². The van der Waals surface area contributed by atoms with Crippen molar-refractivity contribution < 1.29 is 13.2 Å². The Morgan fingerprint density at radius 3 is 2.36 bits per heavy atom. The summed E-state index contributed by atoms with van der Waals surface area (Å²) in [6.45, 7) is 6.31. The molecule has 7 nitrogen and oxygen atoms in total. The van der Waals surface area contributed by atoms with E-state index >= 15 is 0 Å². The number of nitrogens with zero attached hydrogens (tertiary/aromatic N) is 3. The maximum atomic E-state index is 12.4. The van der Waals surface area contributed by atoms with E-state index in [-0.39, 0.29) is 5.91 Å². The molecule has 0 aliphatic carbocycles. The van der Waals surface area contributed by atoms with Gasteiger partial charge in [0.25, 0.3) is 5.91 Å². The Labute approximate surface area is 166 Å². The number of hydrogen-bond acceptors (Lipinski definition) is 4. The quantitative estimate of drug-likeness (QED) is 0.798. The highest BCUT2D eigenvalue weighted by Gasteiger charge is 2.25. The lowest BCUT2D eigenvalue weighted by Crippen LogP contribution is -2.41.